The minimum Gasteiger partial charge on any atom is -0.333 e. The lowest BCUT2D eigenvalue weighted by Crippen LogP contribution is -2.11. The van der Waals surface area contributed by atoms with Gasteiger partial charge in [0.1, 0.15) is 0 Å². The van der Waals surface area contributed by atoms with Crippen LogP contribution in [0.2, 0.25) is 0 Å². The zero-order valence-corrected chi connectivity index (χ0v) is 7.83. The van der Waals surface area contributed by atoms with Gasteiger partial charge in [-0.3, -0.25) is 0 Å². The van der Waals surface area contributed by atoms with Gasteiger partial charge in [-0.1, -0.05) is 13.3 Å². The molecule has 0 aromatic carbocycles. The molecule has 0 bridgehead atoms. The van der Waals surface area contributed by atoms with Crippen LogP contribution >= 0.6 is 0 Å². The van der Waals surface area contributed by atoms with Gasteiger partial charge in [0.05, 0.1) is 12.0 Å². The van der Waals surface area contributed by atoms with Gasteiger partial charge in [-0.15, -0.1) is 0 Å². The number of hydrogen-bond acceptors (Lipinski definition) is 2. The summed E-state index contributed by atoms with van der Waals surface area (Å²) in [6.07, 6.45) is 6.10. The molecule has 0 aliphatic rings. The van der Waals surface area contributed by atoms with Crippen molar-refractivity contribution in [2.75, 3.05) is 0 Å². The lowest BCUT2D eigenvalue weighted by atomic mass is 10.2. The molecule has 0 saturated heterocycles. The van der Waals surface area contributed by atoms with E-state index in [9.17, 15) is 0 Å². The van der Waals surface area contributed by atoms with E-state index in [0.29, 0.717) is 0 Å². The molecular formula is C9H17N3. The summed E-state index contributed by atoms with van der Waals surface area (Å²) in [5.74, 6) is 0. The van der Waals surface area contributed by atoms with Crippen LogP contribution in [0, 0.1) is 0 Å². The number of nitrogens with two attached hydrogens (primary N) is 1. The average molecular weight is 167 g/mol. The van der Waals surface area contributed by atoms with Crippen LogP contribution in [0.5, 0.6) is 0 Å². The lowest BCUT2D eigenvalue weighted by Gasteiger charge is -2.09. The molecule has 0 spiro atoms. The smallest absolute Gasteiger partial charge is 0.0948 e. The maximum Gasteiger partial charge on any atom is 0.0948 e. The van der Waals surface area contributed by atoms with E-state index in [4.69, 9.17) is 5.73 Å². The predicted molar refractivity (Wildman–Crippen MR) is 49.7 cm³/mol. The molecule has 0 amide bonds. The van der Waals surface area contributed by atoms with Crippen LogP contribution < -0.4 is 5.73 Å². The maximum absolute atomic E-state index is 5.77. The SMILES string of the molecule is CCCCn1cncc1[C@H](C)N. The van der Waals surface area contributed by atoms with Crippen LogP contribution in [0.25, 0.3) is 0 Å². The molecule has 0 aliphatic carbocycles. The highest BCUT2D eigenvalue weighted by Crippen LogP contribution is 2.09. The Balaban J connectivity index is 2.64. The Morgan fingerprint density at radius 1 is 1.67 bits per heavy atom. The van der Waals surface area contributed by atoms with Crippen LogP contribution in [0.3, 0.4) is 0 Å². The highest BCUT2D eigenvalue weighted by molar-refractivity contribution is 5.02. The summed E-state index contributed by atoms with van der Waals surface area (Å²) in [6, 6.07) is 0.0874. The molecule has 2 N–H and O–H groups in total. The van der Waals surface area contributed by atoms with Crippen molar-refractivity contribution in [2.24, 2.45) is 5.73 Å². The Labute approximate surface area is 73.6 Å². The third-order valence-corrected chi connectivity index (χ3v) is 1.96. The number of nitrogens with zero attached hydrogens (tertiary/aromatic N) is 2. The number of imidazole rings is 1. The fourth-order valence-corrected chi connectivity index (χ4v) is 1.23. The molecule has 0 saturated carbocycles. The van der Waals surface area contributed by atoms with Gasteiger partial charge in [-0.25, -0.2) is 4.98 Å². The van der Waals surface area contributed by atoms with Crippen molar-refractivity contribution in [1.29, 1.82) is 0 Å². The maximum atomic E-state index is 5.77. The summed E-state index contributed by atoms with van der Waals surface area (Å²) in [6.45, 7) is 5.20. The Hall–Kier alpha value is -0.830. The van der Waals surface area contributed by atoms with E-state index < -0.39 is 0 Å². The third-order valence-electron chi connectivity index (χ3n) is 1.96. The van der Waals surface area contributed by atoms with Gasteiger partial charge in [0.2, 0.25) is 0 Å². The van der Waals surface area contributed by atoms with E-state index >= 15 is 0 Å². The van der Waals surface area contributed by atoms with Crippen LogP contribution in [-0.4, -0.2) is 9.55 Å². The first-order chi connectivity index (χ1) is 5.75. The normalized spacial score (nSPS) is 13.2. The molecule has 1 aromatic heterocycles. The molecular weight excluding hydrogens is 150 g/mol. The number of aryl methyl sites for hydroxylation is 1. The summed E-state index contributed by atoms with van der Waals surface area (Å²) >= 11 is 0. The fraction of sp³-hybridized carbons (Fsp3) is 0.667. The monoisotopic (exact) mass is 167 g/mol. The van der Waals surface area contributed by atoms with Gasteiger partial charge < -0.3 is 10.3 Å². The summed E-state index contributed by atoms with van der Waals surface area (Å²) in [7, 11) is 0. The van der Waals surface area contributed by atoms with Crippen molar-refractivity contribution >= 4 is 0 Å². The Kier molecular flexibility index (Phi) is 3.29. The zero-order valence-electron chi connectivity index (χ0n) is 7.83. The van der Waals surface area contributed by atoms with Gasteiger partial charge in [-0.2, -0.15) is 0 Å². The number of aromatic nitrogens is 2. The molecule has 1 heterocycles. The molecule has 1 aromatic rings. The first-order valence-corrected chi connectivity index (χ1v) is 4.51. The minimum atomic E-state index is 0.0874. The van der Waals surface area contributed by atoms with Crippen molar-refractivity contribution in [3.63, 3.8) is 0 Å². The second-order valence-corrected chi connectivity index (χ2v) is 3.15. The Morgan fingerprint density at radius 3 is 3.00 bits per heavy atom. The molecule has 0 radical (unpaired) electrons. The van der Waals surface area contributed by atoms with E-state index in [-0.39, 0.29) is 6.04 Å². The van der Waals surface area contributed by atoms with Gasteiger partial charge in [0.15, 0.2) is 0 Å². The van der Waals surface area contributed by atoms with Crippen molar-refractivity contribution < 1.29 is 0 Å². The van der Waals surface area contributed by atoms with Crippen molar-refractivity contribution in [2.45, 2.75) is 39.3 Å². The molecule has 0 fully saturated rings. The van der Waals surface area contributed by atoms with Crippen LogP contribution in [0.15, 0.2) is 12.5 Å². The fourth-order valence-electron chi connectivity index (χ4n) is 1.23. The van der Waals surface area contributed by atoms with Crippen molar-refractivity contribution in [3.8, 4) is 0 Å². The molecule has 68 valence electrons. The third kappa shape index (κ3) is 2.08. The van der Waals surface area contributed by atoms with Crippen LogP contribution in [-0.2, 0) is 6.54 Å². The van der Waals surface area contributed by atoms with Crippen molar-refractivity contribution in [1.82, 2.24) is 9.55 Å². The lowest BCUT2D eigenvalue weighted by molar-refractivity contribution is 0.586. The van der Waals surface area contributed by atoms with Crippen LogP contribution in [0.4, 0.5) is 0 Å². The van der Waals surface area contributed by atoms with E-state index in [1.807, 2.05) is 19.4 Å². The first-order valence-electron chi connectivity index (χ1n) is 4.51. The summed E-state index contributed by atoms with van der Waals surface area (Å²) in [5, 5.41) is 0. The number of hydrogen-bond donors (Lipinski definition) is 1. The summed E-state index contributed by atoms with van der Waals surface area (Å²) in [5.41, 5.74) is 6.90. The highest BCUT2D eigenvalue weighted by atomic mass is 15.1. The second kappa shape index (κ2) is 4.26. The van der Waals surface area contributed by atoms with E-state index in [1.165, 1.54) is 12.8 Å². The Bertz CT molecular complexity index is 227. The zero-order chi connectivity index (χ0) is 8.97. The summed E-state index contributed by atoms with van der Waals surface area (Å²) < 4.78 is 2.13. The highest BCUT2D eigenvalue weighted by Gasteiger charge is 2.04. The average Bonchev–Trinajstić information content (AvgIpc) is 2.48. The Morgan fingerprint density at radius 2 is 2.42 bits per heavy atom. The summed E-state index contributed by atoms with van der Waals surface area (Å²) in [4.78, 5) is 4.08. The van der Waals surface area contributed by atoms with Gasteiger partial charge in [0, 0.05) is 18.8 Å². The topological polar surface area (TPSA) is 43.8 Å². The molecule has 3 nitrogen and oxygen atoms in total. The molecule has 1 rings (SSSR count). The number of rotatable bonds is 4. The van der Waals surface area contributed by atoms with E-state index in [0.717, 1.165) is 12.2 Å². The molecule has 0 aliphatic heterocycles. The van der Waals surface area contributed by atoms with E-state index in [2.05, 4.69) is 16.5 Å². The van der Waals surface area contributed by atoms with E-state index in [1.54, 1.807) is 0 Å². The second-order valence-electron chi connectivity index (χ2n) is 3.15. The molecule has 0 unspecified atom stereocenters. The van der Waals surface area contributed by atoms with Gasteiger partial charge in [-0.05, 0) is 13.3 Å². The predicted octanol–water partition coefficient (Wildman–Crippen LogP) is 1.70. The van der Waals surface area contributed by atoms with Crippen molar-refractivity contribution in [3.05, 3.63) is 18.2 Å². The van der Waals surface area contributed by atoms with Gasteiger partial charge in [0.25, 0.3) is 0 Å². The van der Waals surface area contributed by atoms with Crippen LogP contribution in [0.1, 0.15) is 38.4 Å². The quantitative estimate of drug-likeness (QED) is 0.741. The van der Waals surface area contributed by atoms with Gasteiger partial charge >= 0.3 is 0 Å². The number of unbranched alkanes of at least 4 members (excludes halogenated alkanes) is 1. The largest absolute Gasteiger partial charge is 0.333 e. The molecule has 12 heavy (non-hydrogen) atoms. The first kappa shape index (κ1) is 9.26. The minimum absolute atomic E-state index is 0.0874. The standard InChI is InChI=1S/C9H17N3/c1-3-4-5-12-7-11-6-9(12)8(2)10/h6-8H,3-5,10H2,1-2H3/t8-/m0/s1. The molecule has 3 heteroatoms. The molecule has 1 atom stereocenters.